The number of hydrogen-bond acceptors (Lipinski definition) is 2. The van der Waals surface area contributed by atoms with Crippen LogP contribution < -0.4 is 4.90 Å². The van der Waals surface area contributed by atoms with Crippen molar-refractivity contribution in [2.75, 3.05) is 4.90 Å². The Morgan fingerprint density at radius 3 is 1.71 bits per heavy atom. The van der Waals surface area contributed by atoms with Crippen LogP contribution in [0.2, 0.25) is 0 Å². The van der Waals surface area contributed by atoms with E-state index in [1.807, 2.05) is 12.1 Å². The third-order valence-corrected chi connectivity index (χ3v) is 14.9. The monoisotopic (exact) mass is 956 g/mol. The maximum absolute atomic E-state index is 6.45. The number of para-hydroxylation sites is 4. The first-order chi connectivity index (χ1) is 32.5. The molecule has 0 saturated carbocycles. The molecule has 66 heavy (non-hydrogen) atoms. The van der Waals surface area contributed by atoms with E-state index in [1.165, 1.54) is 72.0 Å². The maximum atomic E-state index is 6.45. The second kappa shape index (κ2) is 15.2. The summed E-state index contributed by atoms with van der Waals surface area (Å²) in [4.78, 5) is 2.39. The number of furan rings is 1. The van der Waals surface area contributed by atoms with Crippen LogP contribution in [0, 0.1) is 0 Å². The Labute approximate surface area is 397 Å². The molecule has 13 rings (SSSR count). The smallest absolute Gasteiger partial charge is 0.143 e. The van der Waals surface area contributed by atoms with Gasteiger partial charge in [0, 0.05) is 49.9 Å². The summed E-state index contributed by atoms with van der Waals surface area (Å²) in [6.07, 6.45) is 0. The zero-order chi connectivity index (χ0) is 43.9. The van der Waals surface area contributed by atoms with Gasteiger partial charge in [0.15, 0.2) is 0 Å². The lowest BCUT2D eigenvalue weighted by molar-refractivity contribution is 0.670. The third kappa shape index (κ3) is 6.16. The first-order valence-electron chi connectivity index (χ1n) is 22.5. The van der Waals surface area contributed by atoms with Crippen molar-refractivity contribution < 1.29 is 4.42 Å². The molecule has 1 unspecified atom stereocenters. The van der Waals surface area contributed by atoms with E-state index in [4.69, 9.17) is 4.42 Å². The van der Waals surface area contributed by atoms with Gasteiger partial charge in [0.1, 0.15) is 11.2 Å². The van der Waals surface area contributed by atoms with Gasteiger partial charge in [-0.3, -0.25) is 0 Å². The van der Waals surface area contributed by atoms with E-state index in [9.17, 15) is 0 Å². The lowest BCUT2D eigenvalue weighted by atomic mass is 9.97. The van der Waals surface area contributed by atoms with Gasteiger partial charge in [-0.05, 0) is 130 Å². The number of hydrogen-bond donors (Lipinski definition) is 0. The summed E-state index contributed by atoms with van der Waals surface area (Å²) < 4.78 is 8.67. The van der Waals surface area contributed by atoms with Crippen molar-refractivity contribution >= 4 is 83.4 Å². The number of anilines is 3. The third-order valence-electron chi connectivity index (χ3n) is 13.7. The van der Waals surface area contributed by atoms with Crippen LogP contribution in [-0.2, 0) is 3.42 Å². The Morgan fingerprint density at radius 2 is 0.939 bits per heavy atom. The molecule has 10 aromatic carbocycles. The van der Waals surface area contributed by atoms with Crippen molar-refractivity contribution in [2.24, 2.45) is 0 Å². The van der Waals surface area contributed by atoms with Gasteiger partial charge in [0.2, 0.25) is 0 Å². The normalized spacial score (nSPS) is 14.3. The van der Waals surface area contributed by atoms with Gasteiger partial charge in [-0.15, -0.1) is 0 Å². The van der Waals surface area contributed by atoms with E-state index in [1.54, 1.807) is 0 Å². The second-order valence-electron chi connectivity index (χ2n) is 17.5. The first kappa shape index (κ1) is 38.8. The molecule has 0 radical (unpaired) electrons. The highest BCUT2D eigenvalue weighted by molar-refractivity contribution is 14.1. The molecule has 0 spiro atoms. The van der Waals surface area contributed by atoms with E-state index in [0.29, 0.717) is 0 Å². The van der Waals surface area contributed by atoms with Gasteiger partial charge in [0.25, 0.3) is 0 Å². The van der Waals surface area contributed by atoms with Crippen LogP contribution in [0.15, 0.2) is 235 Å². The van der Waals surface area contributed by atoms with Gasteiger partial charge in [0.05, 0.1) is 14.5 Å². The number of halogens is 1. The summed E-state index contributed by atoms with van der Waals surface area (Å²) in [7, 11) is 0. The molecule has 1 aliphatic rings. The van der Waals surface area contributed by atoms with Gasteiger partial charge in [-0.25, -0.2) is 0 Å². The Morgan fingerprint density at radius 1 is 0.394 bits per heavy atom. The number of rotatable bonds is 7. The molecule has 2 heterocycles. The minimum atomic E-state index is -0.149. The highest BCUT2D eigenvalue weighted by Gasteiger charge is 2.37. The van der Waals surface area contributed by atoms with E-state index in [0.717, 1.165) is 50.1 Å². The van der Waals surface area contributed by atoms with Gasteiger partial charge in [-0.2, -0.15) is 0 Å². The molecular formula is C62H41IN2O. The molecule has 0 aliphatic heterocycles. The number of aromatic nitrogens is 1. The maximum Gasteiger partial charge on any atom is 0.143 e. The van der Waals surface area contributed by atoms with Gasteiger partial charge >= 0.3 is 0 Å². The summed E-state index contributed by atoms with van der Waals surface area (Å²) in [5.74, 6) is 0. The zero-order valence-electron chi connectivity index (χ0n) is 36.1. The van der Waals surface area contributed by atoms with E-state index in [2.05, 4.69) is 257 Å². The fourth-order valence-electron chi connectivity index (χ4n) is 10.4. The second-order valence-corrected chi connectivity index (χ2v) is 19.6. The fraction of sp³-hybridized carbons (Fsp3) is 0.0323. The Hall–Kier alpha value is -7.67. The molecule has 0 fully saturated rings. The molecule has 3 nitrogen and oxygen atoms in total. The molecular weight excluding hydrogens is 916 g/mol. The summed E-state index contributed by atoms with van der Waals surface area (Å²) in [5.41, 5.74) is 21.0. The molecule has 0 N–H and O–H groups in total. The highest BCUT2D eigenvalue weighted by Crippen LogP contribution is 2.54. The van der Waals surface area contributed by atoms with Crippen LogP contribution in [0.1, 0.15) is 18.1 Å². The molecule has 4 heteroatoms. The number of nitrogens with zero attached hydrogens (tertiary/aromatic N) is 2. The lowest BCUT2D eigenvalue weighted by Crippen LogP contribution is -2.13. The summed E-state index contributed by atoms with van der Waals surface area (Å²) in [5, 5.41) is 4.78. The average molecular weight is 957 g/mol. The van der Waals surface area contributed by atoms with Crippen molar-refractivity contribution in [3.05, 3.63) is 242 Å². The van der Waals surface area contributed by atoms with Crippen molar-refractivity contribution in [3.63, 3.8) is 0 Å². The van der Waals surface area contributed by atoms with Gasteiger partial charge in [-0.1, -0.05) is 180 Å². The van der Waals surface area contributed by atoms with E-state index >= 15 is 0 Å². The van der Waals surface area contributed by atoms with Crippen molar-refractivity contribution in [1.82, 2.24) is 4.57 Å². The number of benzene rings is 10. The quantitative estimate of drug-likeness (QED) is 0.117. The highest BCUT2D eigenvalue weighted by atomic mass is 127. The summed E-state index contributed by atoms with van der Waals surface area (Å²) >= 11 is 2.64. The molecule has 0 bridgehead atoms. The van der Waals surface area contributed by atoms with Crippen molar-refractivity contribution in [1.29, 1.82) is 0 Å². The van der Waals surface area contributed by atoms with Crippen LogP contribution >= 0.6 is 22.6 Å². The minimum Gasteiger partial charge on any atom is -0.455 e. The zero-order valence-corrected chi connectivity index (χ0v) is 38.3. The molecule has 12 aromatic rings. The molecule has 2 aromatic heterocycles. The first-order valence-corrected chi connectivity index (χ1v) is 23.6. The number of fused-ring (bicyclic) bond motifs is 9. The van der Waals surface area contributed by atoms with Crippen molar-refractivity contribution in [3.8, 4) is 50.2 Å². The van der Waals surface area contributed by atoms with Crippen LogP contribution in [0.25, 0.3) is 93.9 Å². The molecule has 0 saturated heterocycles. The van der Waals surface area contributed by atoms with Crippen LogP contribution in [-0.4, -0.2) is 4.57 Å². The standard InChI is InChI=1S/C62H41IN2O/c1-62(63)56-19-8-5-14-50(56)51-36-35-48(39-57(51)62)64(47-33-28-43(29-34-47)49-17-11-18-54-53-16-7-10-21-60(53)66-61(49)54)46-31-26-41(27-32-46)40-22-24-42(25-23-40)44-30-37-59-55(38-44)52-15-6-9-20-58(52)65(59)45-12-3-2-4-13-45/h2-39H,1H3. The predicted molar refractivity (Wildman–Crippen MR) is 285 cm³/mol. The predicted octanol–water partition coefficient (Wildman–Crippen LogP) is 17.8. The van der Waals surface area contributed by atoms with E-state index in [-0.39, 0.29) is 3.42 Å². The Kier molecular flexibility index (Phi) is 8.94. The lowest BCUT2D eigenvalue weighted by Gasteiger charge is -2.28. The van der Waals surface area contributed by atoms with Crippen LogP contribution in [0.3, 0.4) is 0 Å². The summed E-state index contributed by atoms with van der Waals surface area (Å²) in [6, 6.07) is 83.7. The number of alkyl halides is 1. The SMILES string of the molecule is CC1(I)c2ccccc2-c2ccc(N(c3ccc(-c4ccc(-c5ccc6c(c5)c5ccccc5n6-c5ccccc5)cc4)cc3)c3ccc(-c4cccc5c4oc4ccccc45)cc3)cc21. The van der Waals surface area contributed by atoms with Gasteiger partial charge < -0.3 is 13.9 Å². The molecule has 0 amide bonds. The van der Waals surface area contributed by atoms with Crippen molar-refractivity contribution in [2.45, 2.75) is 10.3 Å². The Balaban J connectivity index is 0.854. The van der Waals surface area contributed by atoms with Crippen LogP contribution in [0.5, 0.6) is 0 Å². The van der Waals surface area contributed by atoms with E-state index < -0.39 is 0 Å². The summed E-state index contributed by atoms with van der Waals surface area (Å²) in [6.45, 7) is 2.34. The molecule has 312 valence electrons. The minimum absolute atomic E-state index is 0.149. The largest absolute Gasteiger partial charge is 0.455 e. The molecule has 1 aliphatic carbocycles. The average Bonchev–Trinajstić information content (AvgIpc) is 4.00. The fourth-order valence-corrected chi connectivity index (χ4v) is 11.4. The topological polar surface area (TPSA) is 21.3 Å². The Bertz CT molecular complexity index is 3820. The van der Waals surface area contributed by atoms with Crippen LogP contribution in [0.4, 0.5) is 17.1 Å². The molecule has 1 atom stereocenters.